The van der Waals surface area contributed by atoms with Crippen molar-refractivity contribution in [3.05, 3.63) is 42.0 Å². The summed E-state index contributed by atoms with van der Waals surface area (Å²) in [6, 6.07) is 10.8. The third-order valence-electron chi connectivity index (χ3n) is 2.12. The van der Waals surface area contributed by atoms with Gasteiger partial charge in [0.05, 0.1) is 13.2 Å². The van der Waals surface area contributed by atoms with E-state index in [4.69, 9.17) is 4.74 Å². The molecule has 0 spiro atoms. The van der Waals surface area contributed by atoms with Gasteiger partial charge in [-0.3, -0.25) is 0 Å². The third-order valence-corrected chi connectivity index (χ3v) is 2.12. The van der Waals surface area contributed by atoms with E-state index in [1.165, 1.54) is 5.56 Å². The first-order valence-electron chi connectivity index (χ1n) is 5.82. The van der Waals surface area contributed by atoms with E-state index >= 15 is 0 Å². The predicted octanol–water partition coefficient (Wildman–Crippen LogP) is 2.71. The smallest absolute Gasteiger partial charge is 0.0651 e. The van der Waals surface area contributed by atoms with Crippen molar-refractivity contribution >= 4 is 6.08 Å². The molecule has 0 unspecified atom stereocenters. The van der Waals surface area contributed by atoms with Crippen LogP contribution >= 0.6 is 0 Å². The number of rotatable bonds is 7. The minimum absolute atomic E-state index is 0.531. The highest BCUT2D eigenvalue weighted by Crippen LogP contribution is 2.00. The highest BCUT2D eigenvalue weighted by molar-refractivity contribution is 5.48. The Balaban J connectivity index is 2.05. The second kappa shape index (κ2) is 8.08. The number of ether oxygens (including phenoxy) is 1. The third kappa shape index (κ3) is 6.38. The number of hydrogen-bond acceptors (Lipinski definition) is 2. The van der Waals surface area contributed by atoms with E-state index in [2.05, 4.69) is 37.4 Å². The first-order chi connectivity index (χ1) is 7.79. The summed E-state index contributed by atoms with van der Waals surface area (Å²) < 4.78 is 5.46. The van der Waals surface area contributed by atoms with Gasteiger partial charge in [0, 0.05) is 12.6 Å². The highest BCUT2D eigenvalue weighted by atomic mass is 16.5. The molecular formula is C14H21NO. The molecule has 0 fully saturated rings. The molecule has 88 valence electrons. The zero-order valence-electron chi connectivity index (χ0n) is 10.1. The van der Waals surface area contributed by atoms with E-state index in [9.17, 15) is 0 Å². The number of benzene rings is 1. The zero-order chi connectivity index (χ0) is 11.6. The minimum atomic E-state index is 0.531. The van der Waals surface area contributed by atoms with Gasteiger partial charge in [0.1, 0.15) is 0 Å². The van der Waals surface area contributed by atoms with Gasteiger partial charge in [-0.25, -0.2) is 0 Å². The molecule has 0 heterocycles. The molecule has 0 aliphatic carbocycles. The van der Waals surface area contributed by atoms with Crippen LogP contribution < -0.4 is 5.32 Å². The van der Waals surface area contributed by atoms with Gasteiger partial charge in [0.2, 0.25) is 0 Å². The Labute approximate surface area is 98.3 Å². The van der Waals surface area contributed by atoms with Crippen molar-refractivity contribution in [1.82, 2.24) is 5.32 Å². The highest BCUT2D eigenvalue weighted by Gasteiger charge is 1.90. The van der Waals surface area contributed by atoms with Gasteiger partial charge >= 0.3 is 0 Å². The van der Waals surface area contributed by atoms with Crippen molar-refractivity contribution in [1.29, 1.82) is 0 Å². The molecule has 0 radical (unpaired) electrons. The average molecular weight is 219 g/mol. The van der Waals surface area contributed by atoms with Gasteiger partial charge in [-0.15, -0.1) is 0 Å². The second-order valence-electron chi connectivity index (χ2n) is 4.00. The zero-order valence-corrected chi connectivity index (χ0v) is 10.1. The second-order valence-corrected chi connectivity index (χ2v) is 4.00. The van der Waals surface area contributed by atoms with Gasteiger partial charge in [0.15, 0.2) is 0 Å². The van der Waals surface area contributed by atoms with Crippen LogP contribution in [0.4, 0.5) is 0 Å². The van der Waals surface area contributed by atoms with E-state index < -0.39 is 0 Å². The van der Waals surface area contributed by atoms with Gasteiger partial charge in [0.25, 0.3) is 0 Å². The molecule has 0 aromatic heterocycles. The van der Waals surface area contributed by atoms with Crippen LogP contribution in [-0.2, 0) is 4.74 Å². The Bertz CT molecular complexity index is 293. The molecule has 1 aromatic carbocycles. The Hall–Kier alpha value is -1.12. The lowest BCUT2D eigenvalue weighted by atomic mass is 10.2. The van der Waals surface area contributed by atoms with Crippen LogP contribution in [0.15, 0.2) is 36.4 Å². The maximum atomic E-state index is 5.46. The summed E-state index contributed by atoms with van der Waals surface area (Å²) in [4.78, 5) is 0. The molecule has 0 amide bonds. The Kier molecular flexibility index (Phi) is 6.54. The number of nitrogens with one attached hydrogen (secondary N) is 1. The summed E-state index contributed by atoms with van der Waals surface area (Å²) in [5.41, 5.74) is 1.21. The fourth-order valence-electron chi connectivity index (χ4n) is 1.32. The minimum Gasteiger partial charge on any atom is -0.376 e. The van der Waals surface area contributed by atoms with Crippen molar-refractivity contribution in [3.8, 4) is 0 Å². The summed E-state index contributed by atoms with van der Waals surface area (Å²) in [5.74, 6) is 0. The summed E-state index contributed by atoms with van der Waals surface area (Å²) in [6.45, 7) is 6.62. The van der Waals surface area contributed by atoms with E-state index in [1.54, 1.807) is 0 Å². The number of hydrogen-bond donors (Lipinski definition) is 1. The van der Waals surface area contributed by atoms with Gasteiger partial charge in [-0.1, -0.05) is 56.3 Å². The lowest BCUT2D eigenvalue weighted by Gasteiger charge is -2.07. The molecule has 16 heavy (non-hydrogen) atoms. The van der Waals surface area contributed by atoms with Gasteiger partial charge < -0.3 is 10.1 Å². The molecule has 1 rings (SSSR count). The quantitative estimate of drug-likeness (QED) is 0.712. The molecule has 0 saturated carbocycles. The van der Waals surface area contributed by atoms with Crippen LogP contribution in [0.2, 0.25) is 0 Å². The van der Waals surface area contributed by atoms with Crippen LogP contribution in [0.25, 0.3) is 6.08 Å². The lowest BCUT2D eigenvalue weighted by molar-refractivity contribution is 0.162. The molecule has 0 saturated heterocycles. The first-order valence-corrected chi connectivity index (χ1v) is 5.82. The van der Waals surface area contributed by atoms with Crippen molar-refractivity contribution in [3.63, 3.8) is 0 Å². The average Bonchev–Trinajstić information content (AvgIpc) is 2.29. The van der Waals surface area contributed by atoms with Gasteiger partial charge in [-0.2, -0.15) is 0 Å². The molecule has 0 aliphatic heterocycles. The standard InChI is InChI=1S/C14H21NO/c1-13(2)15-10-12-16-11-6-9-14-7-4-3-5-8-14/h3-9,13,15H,10-12H2,1-2H3. The molecule has 2 heteroatoms. The molecule has 1 aromatic rings. The predicted molar refractivity (Wildman–Crippen MR) is 69.4 cm³/mol. The SMILES string of the molecule is CC(C)NCCOCC=Cc1ccccc1. The van der Waals surface area contributed by atoms with E-state index in [1.807, 2.05) is 24.3 Å². The summed E-state index contributed by atoms with van der Waals surface area (Å²) in [5, 5.41) is 3.30. The van der Waals surface area contributed by atoms with Crippen LogP contribution in [0.1, 0.15) is 19.4 Å². The van der Waals surface area contributed by atoms with Crippen molar-refractivity contribution < 1.29 is 4.74 Å². The molecule has 0 bridgehead atoms. The Morgan fingerprint density at radius 1 is 1.25 bits per heavy atom. The Morgan fingerprint density at radius 3 is 2.69 bits per heavy atom. The lowest BCUT2D eigenvalue weighted by Crippen LogP contribution is -2.26. The van der Waals surface area contributed by atoms with Crippen molar-refractivity contribution in [2.24, 2.45) is 0 Å². The first kappa shape index (κ1) is 12.9. The van der Waals surface area contributed by atoms with Crippen LogP contribution in [0, 0.1) is 0 Å². The molecule has 0 aliphatic rings. The summed E-state index contributed by atoms with van der Waals surface area (Å²) in [6.07, 6.45) is 4.13. The topological polar surface area (TPSA) is 21.3 Å². The van der Waals surface area contributed by atoms with E-state index in [-0.39, 0.29) is 0 Å². The molecular weight excluding hydrogens is 198 g/mol. The summed E-state index contributed by atoms with van der Waals surface area (Å²) >= 11 is 0. The van der Waals surface area contributed by atoms with Crippen molar-refractivity contribution in [2.75, 3.05) is 19.8 Å². The maximum absolute atomic E-state index is 5.46. The van der Waals surface area contributed by atoms with Crippen LogP contribution in [0.5, 0.6) is 0 Å². The van der Waals surface area contributed by atoms with E-state index in [0.29, 0.717) is 12.6 Å². The van der Waals surface area contributed by atoms with E-state index in [0.717, 1.165) is 13.2 Å². The molecule has 0 atom stereocenters. The fraction of sp³-hybridized carbons (Fsp3) is 0.429. The Morgan fingerprint density at radius 2 is 2.00 bits per heavy atom. The van der Waals surface area contributed by atoms with Crippen LogP contribution in [0.3, 0.4) is 0 Å². The normalized spacial score (nSPS) is 11.4. The summed E-state index contributed by atoms with van der Waals surface area (Å²) in [7, 11) is 0. The fourth-order valence-corrected chi connectivity index (χ4v) is 1.32. The van der Waals surface area contributed by atoms with Crippen LogP contribution in [-0.4, -0.2) is 25.8 Å². The largest absolute Gasteiger partial charge is 0.376 e. The van der Waals surface area contributed by atoms with Crippen molar-refractivity contribution in [2.45, 2.75) is 19.9 Å². The molecule has 1 N–H and O–H groups in total. The maximum Gasteiger partial charge on any atom is 0.0651 e. The molecule has 2 nitrogen and oxygen atoms in total. The monoisotopic (exact) mass is 219 g/mol. The van der Waals surface area contributed by atoms with Gasteiger partial charge in [-0.05, 0) is 5.56 Å².